The van der Waals surface area contributed by atoms with E-state index < -0.39 is 5.82 Å². The van der Waals surface area contributed by atoms with Gasteiger partial charge in [-0.2, -0.15) is 0 Å². The zero-order valence-electron chi connectivity index (χ0n) is 15.8. The van der Waals surface area contributed by atoms with Crippen molar-refractivity contribution in [3.8, 4) is 5.75 Å². The number of anilines is 2. The first kappa shape index (κ1) is 18.6. The fourth-order valence-corrected chi connectivity index (χ4v) is 3.66. The van der Waals surface area contributed by atoms with E-state index in [1.165, 1.54) is 6.33 Å². The number of hydrogen-bond acceptors (Lipinski definition) is 6. The van der Waals surface area contributed by atoms with Crippen LogP contribution in [0.4, 0.5) is 15.9 Å². The van der Waals surface area contributed by atoms with Crippen molar-refractivity contribution in [3.63, 3.8) is 0 Å². The Morgan fingerprint density at radius 3 is 2.93 bits per heavy atom. The molecule has 5 rings (SSSR count). The second-order valence-corrected chi connectivity index (χ2v) is 7.71. The first-order valence-corrected chi connectivity index (χ1v) is 10.0. The van der Waals surface area contributed by atoms with Crippen molar-refractivity contribution in [2.75, 3.05) is 5.32 Å². The standard InChI is InChI=1S/C22H15BrFN5O/c1-12-8-13(29-22-20-17(26-11-28-22)6-4-15(23)21(20)24)2-7-19(12)30-14-3-5-16-18(9-14)27-10-25-16/h2-11,16H,1H3,(H,26,28,29). The van der Waals surface area contributed by atoms with Crippen molar-refractivity contribution in [3.05, 3.63) is 76.5 Å². The van der Waals surface area contributed by atoms with E-state index in [4.69, 9.17) is 4.74 Å². The average molecular weight is 464 g/mol. The summed E-state index contributed by atoms with van der Waals surface area (Å²) >= 11 is 3.22. The molecule has 2 aliphatic rings. The molecule has 148 valence electrons. The number of halogens is 2. The summed E-state index contributed by atoms with van der Waals surface area (Å²) in [7, 11) is 0. The number of ether oxygens (including phenoxy) is 1. The lowest BCUT2D eigenvalue weighted by Crippen LogP contribution is -2.15. The van der Waals surface area contributed by atoms with Crippen LogP contribution in [-0.2, 0) is 0 Å². The highest BCUT2D eigenvalue weighted by atomic mass is 79.9. The summed E-state index contributed by atoms with van der Waals surface area (Å²) < 4.78 is 21.0. The molecule has 1 atom stereocenters. The summed E-state index contributed by atoms with van der Waals surface area (Å²) in [6.45, 7) is 1.95. The minimum atomic E-state index is -0.402. The van der Waals surface area contributed by atoms with E-state index >= 15 is 0 Å². The van der Waals surface area contributed by atoms with Gasteiger partial charge < -0.3 is 10.1 Å². The summed E-state index contributed by atoms with van der Waals surface area (Å²) in [5.41, 5.74) is 3.08. The summed E-state index contributed by atoms with van der Waals surface area (Å²) in [5, 5.41) is 3.52. The molecule has 1 N–H and O–H groups in total. The Bertz CT molecular complexity index is 1300. The van der Waals surface area contributed by atoms with E-state index in [9.17, 15) is 4.39 Å². The number of nitrogens with one attached hydrogen (secondary N) is 1. The molecular formula is C22H15BrFN5O. The minimum absolute atomic E-state index is 0.00635. The first-order chi connectivity index (χ1) is 14.6. The molecule has 0 saturated carbocycles. The number of rotatable bonds is 4. The number of fused-ring (bicyclic) bond motifs is 2. The van der Waals surface area contributed by atoms with Gasteiger partial charge in [-0.1, -0.05) is 6.08 Å². The van der Waals surface area contributed by atoms with Crippen LogP contribution in [0.15, 0.2) is 75.1 Å². The monoisotopic (exact) mass is 463 g/mol. The largest absolute Gasteiger partial charge is 0.457 e. The molecule has 1 aliphatic carbocycles. The molecule has 8 heteroatoms. The molecule has 30 heavy (non-hydrogen) atoms. The third kappa shape index (κ3) is 3.39. The molecule has 2 aromatic carbocycles. The van der Waals surface area contributed by atoms with Crippen molar-refractivity contribution in [1.29, 1.82) is 0 Å². The molecular weight excluding hydrogens is 449 g/mol. The van der Waals surface area contributed by atoms with Crippen molar-refractivity contribution < 1.29 is 9.13 Å². The summed E-state index contributed by atoms with van der Waals surface area (Å²) in [4.78, 5) is 16.8. The van der Waals surface area contributed by atoms with Gasteiger partial charge in [0, 0.05) is 11.8 Å². The lowest BCUT2D eigenvalue weighted by atomic mass is 10.1. The Morgan fingerprint density at radius 2 is 2.07 bits per heavy atom. The number of hydrogen-bond donors (Lipinski definition) is 1. The van der Waals surface area contributed by atoms with Crippen LogP contribution in [0.3, 0.4) is 0 Å². The fourth-order valence-electron chi connectivity index (χ4n) is 3.33. The van der Waals surface area contributed by atoms with E-state index in [-0.39, 0.29) is 6.04 Å². The molecule has 0 bridgehead atoms. The van der Waals surface area contributed by atoms with Crippen molar-refractivity contribution in [1.82, 2.24) is 9.97 Å². The lowest BCUT2D eigenvalue weighted by Gasteiger charge is -2.15. The van der Waals surface area contributed by atoms with Crippen LogP contribution in [0.1, 0.15) is 5.56 Å². The van der Waals surface area contributed by atoms with Gasteiger partial charge in [-0.25, -0.2) is 19.4 Å². The molecule has 0 saturated heterocycles. The molecule has 2 heterocycles. The zero-order valence-corrected chi connectivity index (χ0v) is 17.4. The third-order valence-electron chi connectivity index (χ3n) is 4.83. The van der Waals surface area contributed by atoms with Gasteiger partial charge in [-0.3, -0.25) is 4.99 Å². The van der Waals surface area contributed by atoms with Crippen LogP contribution in [0.5, 0.6) is 5.75 Å². The van der Waals surface area contributed by atoms with Crippen LogP contribution in [0.25, 0.3) is 10.9 Å². The number of allylic oxidation sites excluding steroid dienone is 1. The summed E-state index contributed by atoms with van der Waals surface area (Å²) in [6.07, 6.45) is 8.71. The summed E-state index contributed by atoms with van der Waals surface area (Å²) in [6, 6.07) is 9.01. The minimum Gasteiger partial charge on any atom is -0.457 e. The van der Waals surface area contributed by atoms with Crippen LogP contribution >= 0.6 is 15.9 Å². The van der Waals surface area contributed by atoms with Gasteiger partial charge in [0.2, 0.25) is 0 Å². The highest BCUT2D eigenvalue weighted by Crippen LogP contribution is 2.31. The summed E-state index contributed by atoms with van der Waals surface area (Å²) in [5.74, 6) is 1.42. The van der Waals surface area contributed by atoms with Crippen LogP contribution in [-0.4, -0.2) is 28.1 Å². The first-order valence-electron chi connectivity index (χ1n) is 9.22. The van der Waals surface area contributed by atoms with E-state index in [1.54, 1.807) is 18.5 Å². The maximum absolute atomic E-state index is 14.6. The topological polar surface area (TPSA) is 71.8 Å². The highest BCUT2D eigenvalue weighted by Gasteiger charge is 2.19. The number of aliphatic imine (C=N–C) groups is 2. The normalized spacial score (nSPS) is 17.0. The van der Waals surface area contributed by atoms with Crippen molar-refractivity contribution in [2.45, 2.75) is 13.0 Å². The predicted octanol–water partition coefficient (Wildman–Crippen LogP) is 5.27. The zero-order chi connectivity index (χ0) is 20.7. The van der Waals surface area contributed by atoms with E-state index in [0.29, 0.717) is 27.0 Å². The van der Waals surface area contributed by atoms with Crippen LogP contribution in [0, 0.1) is 12.7 Å². The van der Waals surface area contributed by atoms with E-state index in [0.717, 1.165) is 22.7 Å². The molecule has 3 aromatic rings. The van der Waals surface area contributed by atoms with Crippen molar-refractivity contribution in [2.24, 2.45) is 9.98 Å². The lowest BCUT2D eigenvalue weighted by molar-refractivity contribution is 0.440. The number of aryl methyl sites for hydroxylation is 1. The van der Waals surface area contributed by atoms with Gasteiger partial charge in [0.25, 0.3) is 0 Å². The van der Waals surface area contributed by atoms with Gasteiger partial charge in [0.1, 0.15) is 36.0 Å². The molecule has 0 amide bonds. The quantitative estimate of drug-likeness (QED) is 0.572. The SMILES string of the molecule is Cc1cc(Nc2ncnc3ccc(Br)c(F)c23)ccc1OC1=CC2=NC=NC2C=C1. The maximum Gasteiger partial charge on any atom is 0.150 e. The fraction of sp³-hybridized carbons (Fsp3) is 0.0909. The molecule has 0 spiro atoms. The van der Waals surface area contributed by atoms with Gasteiger partial charge in [-0.15, -0.1) is 0 Å². The molecule has 0 radical (unpaired) electrons. The van der Waals surface area contributed by atoms with Crippen LogP contribution < -0.4 is 10.1 Å². The molecule has 1 aliphatic heterocycles. The molecule has 6 nitrogen and oxygen atoms in total. The van der Waals surface area contributed by atoms with Crippen LogP contribution in [0.2, 0.25) is 0 Å². The number of benzene rings is 2. The van der Waals surface area contributed by atoms with Gasteiger partial charge in [0.05, 0.1) is 21.1 Å². The maximum atomic E-state index is 14.6. The van der Waals surface area contributed by atoms with Gasteiger partial charge in [0.15, 0.2) is 5.82 Å². The van der Waals surface area contributed by atoms with Crippen molar-refractivity contribution >= 4 is 50.4 Å². The average Bonchev–Trinajstić information content (AvgIpc) is 3.21. The predicted molar refractivity (Wildman–Crippen MR) is 119 cm³/mol. The smallest absolute Gasteiger partial charge is 0.150 e. The van der Waals surface area contributed by atoms with E-state index in [1.807, 2.05) is 43.4 Å². The second kappa shape index (κ2) is 7.46. The Balaban J connectivity index is 1.40. The Morgan fingerprint density at radius 1 is 1.17 bits per heavy atom. The van der Waals surface area contributed by atoms with Gasteiger partial charge in [-0.05, 0) is 64.8 Å². The number of aromatic nitrogens is 2. The Kier molecular flexibility index (Phi) is 4.63. The second-order valence-electron chi connectivity index (χ2n) is 6.85. The van der Waals surface area contributed by atoms with E-state index in [2.05, 4.69) is 41.2 Å². The molecule has 0 fully saturated rings. The Labute approximate surface area is 180 Å². The molecule has 1 unspecified atom stereocenters. The van der Waals surface area contributed by atoms with Gasteiger partial charge >= 0.3 is 0 Å². The highest BCUT2D eigenvalue weighted by molar-refractivity contribution is 9.10. The molecule has 1 aromatic heterocycles. The number of nitrogens with zero attached hydrogens (tertiary/aromatic N) is 4. The third-order valence-corrected chi connectivity index (χ3v) is 5.44. The Hall–Kier alpha value is -3.39.